The molecule has 25 heavy (non-hydrogen) atoms. The molecule has 3 aromatic rings. The third-order valence-corrected chi connectivity index (χ3v) is 3.96. The molecule has 0 radical (unpaired) electrons. The molecule has 2 aromatic carbocycles. The van der Waals surface area contributed by atoms with Gasteiger partial charge in [-0.15, -0.1) is 0 Å². The van der Waals surface area contributed by atoms with Crippen molar-refractivity contribution in [1.82, 2.24) is 15.5 Å². The number of halogens is 1. The fourth-order valence-corrected chi connectivity index (χ4v) is 2.53. The van der Waals surface area contributed by atoms with Crippen LogP contribution in [-0.2, 0) is 6.42 Å². The Morgan fingerprint density at radius 2 is 2.00 bits per heavy atom. The Kier molecular flexibility index (Phi) is 5.46. The fourth-order valence-electron chi connectivity index (χ4n) is 2.40. The minimum absolute atomic E-state index is 0.0731. The maximum absolute atomic E-state index is 12.1. The van der Waals surface area contributed by atoms with Crippen LogP contribution in [0.2, 0.25) is 5.02 Å². The van der Waals surface area contributed by atoms with Gasteiger partial charge in [0.2, 0.25) is 11.7 Å². The molecule has 0 bridgehead atoms. The number of aromatic nitrogens is 2. The minimum atomic E-state index is -0.0731. The van der Waals surface area contributed by atoms with Gasteiger partial charge in [-0.05, 0) is 49.7 Å². The highest BCUT2D eigenvalue weighted by Gasteiger charge is 2.09. The van der Waals surface area contributed by atoms with Crippen molar-refractivity contribution in [2.24, 2.45) is 0 Å². The van der Waals surface area contributed by atoms with Gasteiger partial charge >= 0.3 is 0 Å². The number of hydrogen-bond acceptors (Lipinski definition) is 4. The van der Waals surface area contributed by atoms with Crippen LogP contribution in [0.1, 0.15) is 28.2 Å². The van der Waals surface area contributed by atoms with Crippen molar-refractivity contribution in [3.05, 3.63) is 70.6 Å². The van der Waals surface area contributed by atoms with E-state index in [1.54, 1.807) is 18.2 Å². The number of aryl methyl sites for hydroxylation is 2. The van der Waals surface area contributed by atoms with Gasteiger partial charge in [-0.1, -0.05) is 34.5 Å². The molecule has 0 saturated heterocycles. The molecule has 0 fully saturated rings. The van der Waals surface area contributed by atoms with Gasteiger partial charge in [-0.2, -0.15) is 4.98 Å². The lowest BCUT2D eigenvalue weighted by Crippen LogP contribution is -2.24. The van der Waals surface area contributed by atoms with Crippen molar-refractivity contribution in [2.45, 2.75) is 19.8 Å². The quantitative estimate of drug-likeness (QED) is 0.677. The van der Waals surface area contributed by atoms with E-state index < -0.39 is 0 Å². The zero-order valence-electron chi connectivity index (χ0n) is 13.8. The maximum Gasteiger partial charge on any atom is 0.251 e. The lowest BCUT2D eigenvalue weighted by molar-refractivity contribution is 0.0953. The molecule has 6 heteroatoms. The van der Waals surface area contributed by atoms with Crippen LogP contribution >= 0.6 is 11.6 Å². The van der Waals surface area contributed by atoms with Gasteiger partial charge < -0.3 is 9.84 Å². The Balaban J connectivity index is 1.48. The summed E-state index contributed by atoms with van der Waals surface area (Å²) in [5.41, 5.74) is 2.59. The van der Waals surface area contributed by atoms with Crippen molar-refractivity contribution in [3.63, 3.8) is 0 Å². The van der Waals surface area contributed by atoms with Crippen LogP contribution in [0.5, 0.6) is 0 Å². The zero-order valence-corrected chi connectivity index (χ0v) is 14.6. The highest BCUT2D eigenvalue weighted by atomic mass is 35.5. The number of carbonyl (C=O) groups is 1. The van der Waals surface area contributed by atoms with E-state index in [0.717, 1.165) is 17.5 Å². The van der Waals surface area contributed by atoms with Gasteiger partial charge in [0.25, 0.3) is 5.91 Å². The first-order valence-corrected chi connectivity index (χ1v) is 8.43. The third-order valence-electron chi connectivity index (χ3n) is 3.70. The average Bonchev–Trinajstić information content (AvgIpc) is 3.08. The van der Waals surface area contributed by atoms with Gasteiger partial charge in [-0.25, -0.2) is 0 Å². The first-order chi connectivity index (χ1) is 12.1. The van der Waals surface area contributed by atoms with Gasteiger partial charge in [0, 0.05) is 29.1 Å². The van der Waals surface area contributed by atoms with Crippen LogP contribution in [0.25, 0.3) is 11.4 Å². The molecular weight excluding hydrogens is 338 g/mol. The van der Waals surface area contributed by atoms with E-state index in [0.29, 0.717) is 35.3 Å². The molecular formula is C19H18ClN3O2. The van der Waals surface area contributed by atoms with E-state index in [1.165, 1.54) is 0 Å². The lowest BCUT2D eigenvalue weighted by atomic mass is 10.1. The van der Waals surface area contributed by atoms with Crippen molar-refractivity contribution < 1.29 is 9.32 Å². The summed E-state index contributed by atoms with van der Waals surface area (Å²) in [4.78, 5) is 16.4. The molecule has 0 saturated carbocycles. The number of benzene rings is 2. The van der Waals surface area contributed by atoms with Crippen molar-refractivity contribution in [1.29, 1.82) is 0 Å². The molecule has 0 aliphatic rings. The van der Waals surface area contributed by atoms with Crippen LogP contribution in [0.3, 0.4) is 0 Å². The van der Waals surface area contributed by atoms with E-state index in [9.17, 15) is 4.79 Å². The van der Waals surface area contributed by atoms with Gasteiger partial charge in [-0.3, -0.25) is 4.79 Å². The van der Waals surface area contributed by atoms with E-state index in [2.05, 4.69) is 15.5 Å². The second-order valence-corrected chi connectivity index (χ2v) is 6.18. The number of nitrogens with zero attached hydrogens (tertiary/aromatic N) is 2. The van der Waals surface area contributed by atoms with E-state index in [-0.39, 0.29) is 5.91 Å². The Hall–Kier alpha value is -2.66. The lowest BCUT2D eigenvalue weighted by Gasteiger charge is -2.04. The Labute approximate surface area is 151 Å². The summed E-state index contributed by atoms with van der Waals surface area (Å²) < 4.78 is 5.25. The molecule has 5 nitrogen and oxygen atoms in total. The van der Waals surface area contributed by atoms with Crippen LogP contribution < -0.4 is 5.32 Å². The first kappa shape index (κ1) is 17.2. The van der Waals surface area contributed by atoms with Crippen molar-refractivity contribution in [3.8, 4) is 11.4 Å². The molecule has 3 rings (SSSR count). The first-order valence-electron chi connectivity index (χ1n) is 8.05. The van der Waals surface area contributed by atoms with Crippen LogP contribution in [-0.4, -0.2) is 22.6 Å². The SMILES string of the molecule is Cc1cccc(C(=O)NCCCc2nc(-c3ccc(Cl)cc3)no2)c1. The summed E-state index contributed by atoms with van der Waals surface area (Å²) in [5.74, 6) is 1.02. The maximum atomic E-state index is 12.1. The second kappa shape index (κ2) is 7.94. The van der Waals surface area contributed by atoms with Gasteiger partial charge in [0.15, 0.2) is 0 Å². The smallest absolute Gasteiger partial charge is 0.251 e. The minimum Gasteiger partial charge on any atom is -0.352 e. The molecule has 0 aliphatic carbocycles. The zero-order chi connectivity index (χ0) is 17.6. The topological polar surface area (TPSA) is 68.0 Å². The van der Waals surface area contributed by atoms with E-state index in [1.807, 2.05) is 37.3 Å². The molecule has 0 unspecified atom stereocenters. The summed E-state index contributed by atoms with van der Waals surface area (Å²) in [5, 5.41) is 7.53. The van der Waals surface area contributed by atoms with Crippen LogP contribution in [0, 0.1) is 6.92 Å². The molecule has 1 N–H and O–H groups in total. The predicted molar refractivity (Wildman–Crippen MR) is 96.6 cm³/mol. The van der Waals surface area contributed by atoms with E-state index >= 15 is 0 Å². The molecule has 0 atom stereocenters. The Morgan fingerprint density at radius 1 is 1.20 bits per heavy atom. The van der Waals surface area contributed by atoms with Gasteiger partial charge in [0.1, 0.15) is 0 Å². The molecule has 0 aliphatic heterocycles. The van der Waals surface area contributed by atoms with Crippen molar-refractivity contribution in [2.75, 3.05) is 6.54 Å². The highest BCUT2D eigenvalue weighted by Crippen LogP contribution is 2.18. The summed E-state index contributed by atoms with van der Waals surface area (Å²) in [6, 6.07) is 14.8. The normalized spacial score (nSPS) is 10.6. The summed E-state index contributed by atoms with van der Waals surface area (Å²) in [7, 11) is 0. The molecule has 128 valence electrons. The third kappa shape index (κ3) is 4.67. The predicted octanol–water partition coefficient (Wildman–Crippen LogP) is 4.06. The Bertz CT molecular complexity index is 859. The standard InChI is InChI=1S/C19H18ClN3O2/c1-13-4-2-5-15(12-13)19(24)21-11-3-6-17-22-18(23-25-17)14-7-9-16(20)10-8-14/h2,4-5,7-10,12H,3,6,11H2,1H3,(H,21,24). The summed E-state index contributed by atoms with van der Waals surface area (Å²) in [6.07, 6.45) is 1.33. The van der Waals surface area contributed by atoms with Gasteiger partial charge in [0.05, 0.1) is 0 Å². The molecule has 1 aromatic heterocycles. The second-order valence-electron chi connectivity index (χ2n) is 5.75. The number of rotatable bonds is 6. The molecule has 1 amide bonds. The van der Waals surface area contributed by atoms with E-state index in [4.69, 9.17) is 16.1 Å². The fraction of sp³-hybridized carbons (Fsp3) is 0.211. The largest absolute Gasteiger partial charge is 0.352 e. The number of nitrogens with one attached hydrogen (secondary N) is 1. The Morgan fingerprint density at radius 3 is 2.76 bits per heavy atom. The number of carbonyl (C=O) groups excluding carboxylic acids is 1. The van der Waals surface area contributed by atoms with Crippen LogP contribution in [0.15, 0.2) is 53.1 Å². The molecule has 1 heterocycles. The number of amides is 1. The van der Waals surface area contributed by atoms with Crippen molar-refractivity contribution >= 4 is 17.5 Å². The summed E-state index contributed by atoms with van der Waals surface area (Å²) >= 11 is 5.87. The van der Waals surface area contributed by atoms with Crippen LogP contribution in [0.4, 0.5) is 0 Å². The highest BCUT2D eigenvalue weighted by molar-refractivity contribution is 6.30. The summed E-state index contributed by atoms with van der Waals surface area (Å²) in [6.45, 7) is 2.51. The number of hydrogen-bond donors (Lipinski definition) is 1. The monoisotopic (exact) mass is 355 g/mol. The average molecular weight is 356 g/mol. The molecule has 0 spiro atoms.